The molecular formula is C26H24N4O3. The number of aromatic nitrogens is 3. The second-order valence-electron chi connectivity index (χ2n) is 7.27. The summed E-state index contributed by atoms with van der Waals surface area (Å²) in [5, 5.41) is 2.84. The van der Waals surface area contributed by atoms with Gasteiger partial charge in [0.05, 0.1) is 5.69 Å². The highest BCUT2D eigenvalue weighted by Crippen LogP contribution is 2.18. The number of anilines is 1. The van der Waals surface area contributed by atoms with Crippen LogP contribution in [0.1, 0.15) is 17.1 Å². The lowest BCUT2D eigenvalue weighted by Gasteiger charge is -2.08. The van der Waals surface area contributed by atoms with Crippen LogP contribution >= 0.6 is 0 Å². The molecule has 0 aliphatic carbocycles. The van der Waals surface area contributed by atoms with Crippen LogP contribution in [0.15, 0.2) is 91.4 Å². The Morgan fingerprint density at radius 3 is 2.30 bits per heavy atom. The van der Waals surface area contributed by atoms with Crippen LogP contribution in [0.2, 0.25) is 0 Å². The molecule has 0 saturated heterocycles. The lowest BCUT2D eigenvalue weighted by Crippen LogP contribution is -2.07. The molecule has 2 aromatic carbocycles. The van der Waals surface area contributed by atoms with Gasteiger partial charge in [0.2, 0.25) is 5.91 Å². The summed E-state index contributed by atoms with van der Waals surface area (Å²) in [5.41, 5.74) is 2.45. The molecule has 33 heavy (non-hydrogen) atoms. The van der Waals surface area contributed by atoms with Crippen LogP contribution in [0.25, 0.3) is 6.08 Å². The number of imidazole rings is 1. The zero-order valence-corrected chi connectivity index (χ0v) is 18.2. The summed E-state index contributed by atoms with van der Waals surface area (Å²) in [5.74, 6) is 2.07. The molecule has 1 amide bonds. The minimum atomic E-state index is -0.216. The quantitative estimate of drug-likeness (QED) is 0.384. The summed E-state index contributed by atoms with van der Waals surface area (Å²) >= 11 is 0. The van der Waals surface area contributed by atoms with Crippen LogP contribution in [0.5, 0.6) is 11.5 Å². The molecule has 7 nitrogen and oxygen atoms in total. The number of amides is 1. The van der Waals surface area contributed by atoms with Crippen molar-refractivity contribution in [3.63, 3.8) is 0 Å². The van der Waals surface area contributed by atoms with Crippen molar-refractivity contribution in [1.82, 2.24) is 14.5 Å². The van der Waals surface area contributed by atoms with E-state index >= 15 is 0 Å². The largest absolute Gasteiger partial charge is 0.487 e. The first-order valence-corrected chi connectivity index (χ1v) is 10.5. The first-order valence-electron chi connectivity index (χ1n) is 10.5. The van der Waals surface area contributed by atoms with E-state index in [-0.39, 0.29) is 5.91 Å². The number of nitrogens with zero attached hydrogens (tertiary/aromatic N) is 3. The molecule has 0 saturated carbocycles. The van der Waals surface area contributed by atoms with E-state index < -0.39 is 0 Å². The van der Waals surface area contributed by atoms with Gasteiger partial charge in [0.25, 0.3) is 0 Å². The third-order valence-electron chi connectivity index (χ3n) is 4.83. The fraction of sp³-hybridized carbons (Fsp3) is 0.115. The minimum Gasteiger partial charge on any atom is -0.487 e. The second kappa shape index (κ2) is 10.8. The van der Waals surface area contributed by atoms with Gasteiger partial charge >= 0.3 is 0 Å². The fourth-order valence-corrected chi connectivity index (χ4v) is 2.99. The van der Waals surface area contributed by atoms with Crippen LogP contribution in [0.4, 0.5) is 5.69 Å². The molecule has 0 fully saturated rings. The van der Waals surface area contributed by atoms with Crippen LogP contribution in [0.3, 0.4) is 0 Å². The fourth-order valence-electron chi connectivity index (χ4n) is 2.99. The number of pyridine rings is 1. The molecule has 2 heterocycles. The van der Waals surface area contributed by atoms with Gasteiger partial charge in [-0.2, -0.15) is 0 Å². The van der Waals surface area contributed by atoms with Crippen LogP contribution < -0.4 is 14.8 Å². The van der Waals surface area contributed by atoms with Crippen molar-refractivity contribution in [2.45, 2.75) is 13.2 Å². The van der Waals surface area contributed by atoms with Gasteiger partial charge in [-0.25, -0.2) is 4.98 Å². The molecular weight excluding hydrogens is 416 g/mol. The molecule has 0 spiro atoms. The Morgan fingerprint density at radius 2 is 1.64 bits per heavy atom. The van der Waals surface area contributed by atoms with Gasteiger partial charge in [0.15, 0.2) is 0 Å². The normalized spacial score (nSPS) is 10.8. The standard InChI is InChI=1S/C26H24N4O3/c1-30-17-16-28-25(30)19-33-24-12-8-21(9-13-24)29-26(31)14-7-20-5-10-23(11-6-20)32-18-22-4-2-3-15-27-22/h2-17H,18-19H2,1H3,(H,29,31)/b14-7+. The van der Waals surface area contributed by atoms with Gasteiger partial charge in [-0.15, -0.1) is 0 Å². The maximum absolute atomic E-state index is 12.2. The third-order valence-corrected chi connectivity index (χ3v) is 4.83. The van der Waals surface area contributed by atoms with Crippen LogP contribution in [-0.4, -0.2) is 20.4 Å². The zero-order valence-electron chi connectivity index (χ0n) is 18.2. The molecule has 0 atom stereocenters. The summed E-state index contributed by atoms with van der Waals surface area (Å²) in [6, 6.07) is 20.5. The van der Waals surface area contributed by atoms with Crippen molar-refractivity contribution in [2.24, 2.45) is 7.05 Å². The van der Waals surface area contributed by atoms with Crippen molar-refractivity contribution in [3.8, 4) is 11.5 Å². The van der Waals surface area contributed by atoms with Crippen molar-refractivity contribution < 1.29 is 14.3 Å². The SMILES string of the molecule is Cn1ccnc1COc1ccc(NC(=O)/C=C/c2ccc(OCc3ccccn3)cc2)cc1. The van der Waals surface area contributed by atoms with E-state index in [1.165, 1.54) is 6.08 Å². The molecule has 0 bridgehead atoms. The number of benzene rings is 2. The predicted molar refractivity (Wildman–Crippen MR) is 127 cm³/mol. The maximum atomic E-state index is 12.2. The summed E-state index contributed by atoms with van der Waals surface area (Å²) in [7, 11) is 1.92. The van der Waals surface area contributed by atoms with E-state index in [9.17, 15) is 4.79 Å². The second-order valence-corrected chi connectivity index (χ2v) is 7.27. The van der Waals surface area contributed by atoms with Gasteiger partial charge in [-0.1, -0.05) is 18.2 Å². The van der Waals surface area contributed by atoms with Gasteiger partial charge in [0, 0.05) is 37.4 Å². The maximum Gasteiger partial charge on any atom is 0.248 e. The molecule has 1 N–H and O–H groups in total. The van der Waals surface area contributed by atoms with Gasteiger partial charge in [-0.05, 0) is 60.2 Å². The number of carbonyl (C=O) groups excluding carboxylic acids is 1. The summed E-state index contributed by atoms with van der Waals surface area (Å²) in [4.78, 5) is 20.7. The minimum absolute atomic E-state index is 0.216. The predicted octanol–water partition coefficient (Wildman–Crippen LogP) is 4.63. The number of hydrogen-bond acceptors (Lipinski definition) is 5. The monoisotopic (exact) mass is 440 g/mol. The molecule has 0 radical (unpaired) electrons. The average Bonchev–Trinajstić information content (AvgIpc) is 3.27. The van der Waals surface area contributed by atoms with Crippen molar-refractivity contribution >= 4 is 17.7 Å². The average molecular weight is 441 g/mol. The molecule has 0 aliphatic rings. The number of ether oxygens (including phenoxy) is 2. The Kier molecular flexibility index (Phi) is 7.12. The van der Waals surface area contributed by atoms with E-state index in [1.807, 2.05) is 72.4 Å². The van der Waals surface area contributed by atoms with Crippen molar-refractivity contribution in [3.05, 3.63) is 108 Å². The molecule has 0 aliphatic heterocycles. The molecule has 2 aromatic heterocycles. The summed E-state index contributed by atoms with van der Waals surface area (Å²) < 4.78 is 13.4. The van der Waals surface area contributed by atoms with E-state index in [1.54, 1.807) is 30.6 Å². The third kappa shape index (κ3) is 6.54. The lowest BCUT2D eigenvalue weighted by atomic mass is 10.2. The van der Waals surface area contributed by atoms with Gasteiger partial charge in [0.1, 0.15) is 30.5 Å². The Labute approximate surface area is 192 Å². The first-order chi connectivity index (χ1) is 16.2. The smallest absolute Gasteiger partial charge is 0.248 e. The molecule has 166 valence electrons. The van der Waals surface area contributed by atoms with Gasteiger partial charge in [-0.3, -0.25) is 9.78 Å². The summed E-state index contributed by atoms with van der Waals surface area (Å²) in [6.45, 7) is 0.788. The number of rotatable bonds is 9. The highest BCUT2D eigenvalue weighted by atomic mass is 16.5. The highest BCUT2D eigenvalue weighted by molar-refractivity contribution is 6.01. The highest BCUT2D eigenvalue weighted by Gasteiger charge is 2.03. The molecule has 0 unspecified atom stereocenters. The van der Waals surface area contributed by atoms with Crippen molar-refractivity contribution in [1.29, 1.82) is 0 Å². The lowest BCUT2D eigenvalue weighted by molar-refractivity contribution is -0.111. The van der Waals surface area contributed by atoms with Crippen LogP contribution in [-0.2, 0) is 25.1 Å². The van der Waals surface area contributed by atoms with E-state index in [0.717, 1.165) is 22.8 Å². The van der Waals surface area contributed by atoms with E-state index in [4.69, 9.17) is 9.47 Å². The van der Waals surface area contributed by atoms with Crippen LogP contribution in [0, 0.1) is 0 Å². The Morgan fingerprint density at radius 1 is 0.909 bits per heavy atom. The Balaban J connectivity index is 1.24. The number of carbonyl (C=O) groups is 1. The number of hydrogen-bond donors (Lipinski definition) is 1. The molecule has 4 aromatic rings. The Bertz CT molecular complexity index is 1200. The van der Waals surface area contributed by atoms with Crippen molar-refractivity contribution in [2.75, 3.05) is 5.32 Å². The first kappa shape index (κ1) is 21.8. The zero-order chi connectivity index (χ0) is 22.9. The molecule has 7 heteroatoms. The topological polar surface area (TPSA) is 78.3 Å². The Hall–Kier alpha value is -4.39. The van der Waals surface area contributed by atoms with Gasteiger partial charge < -0.3 is 19.4 Å². The van der Waals surface area contributed by atoms with E-state index in [2.05, 4.69) is 15.3 Å². The number of aryl methyl sites for hydroxylation is 1. The van der Waals surface area contributed by atoms with E-state index in [0.29, 0.717) is 24.7 Å². The number of nitrogens with one attached hydrogen (secondary N) is 1. The molecule has 4 rings (SSSR count). The summed E-state index contributed by atoms with van der Waals surface area (Å²) in [6.07, 6.45) is 8.59.